The van der Waals surface area contributed by atoms with Crippen molar-refractivity contribution in [3.8, 4) is 5.75 Å². The molecule has 0 aliphatic heterocycles. The summed E-state index contributed by atoms with van der Waals surface area (Å²) in [7, 11) is 1.43. The zero-order chi connectivity index (χ0) is 16.2. The van der Waals surface area contributed by atoms with Crippen LogP contribution in [0.15, 0.2) is 18.2 Å². The van der Waals surface area contributed by atoms with Crippen molar-refractivity contribution in [1.29, 1.82) is 0 Å². The van der Waals surface area contributed by atoms with Crippen molar-refractivity contribution in [3.63, 3.8) is 0 Å². The van der Waals surface area contributed by atoms with Gasteiger partial charge in [0.05, 0.1) is 25.8 Å². The molecule has 0 atom stereocenters. The number of Topliss-reactive ketones (excluding diaryl/α,β-unsaturated/α-hetero) is 1. The monoisotopic (exact) mass is 303 g/mol. The molecule has 0 saturated carbocycles. The number of benzene rings is 1. The zero-order valence-electron chi connectivity index (χ0n) is 12.6. The molecule has 0 bridgehead atoms. The Morgan fingerprint density at radius 2 is 1.95 bits per heavy atom. The van der Waals surface area contributed by atoms with Crippen LogP contribution in [0.2, 0.25) is 0 Å². The third kappa shape index (κ3) is 5.38. The summed E-state index contributed by atoms with van der Waals surface area (Å²) in [5.41, 5.74) is 1.22. The molecule has 0 aliphatic carbocycles. The van der Waals surface area contributed by atoms with E-state index in [9.17, 15) is 18.0 Å². The normalized spacial score (nSPS) is 12.0. The van der Waals surface area contributed by atoms with E-state index >= 15 is 0 Å². The Labute approximate surface area is 122 Å². The van der Waals surface area contributed by atoms with Crippen molar-refractivity contribution in [2.24, 2.45) is 0 Å². The van der Waals surface area contributed by atoms with Gasteiger partial charge in [-0.05, 0) is 38.5 Å². The third-order valence-corrected chi connectivity index (χ3v) is 3.12. The highest BCUT2D eigenvalue weighted by atomic mass is 19.4. The first-order valence-electron chi connectivity index (χ1n) is 6.62. The molecule has 1 aromatic carbocycles. The summed E-state index contributed by atoms with van der Waals surface area (Å²) >= 11 is 0. The van der Waals surface area contributed by atoms with E-state index in [1.165, 1.54) is 7.11 Å². The van der Waals surface area contributed by atoms with E-state index in [4.69, 9.17) is 4.74 Å². The van der Waals surface area contributed by atoms with Gasteiger partial charge in [0.2, 0.25) is 0 Å². The van der Waals surface area contributed by atoms with Gasteiger partial charge in [-0.1, -0.05) is 6.07 Å². The predicted molar refractivity (Wildman–Crippen MR) is 74.8 cm³/mol. The van der Waals surface area contributed by atoms with E-state index in [-0.39, 0.29) is 18.4 Å². The molecule has 21 heavy (non-hydrogen) atoms. The summed E-state index contributed by atoms with van der Waals surface area (Å²) in [5.74, 6) is 0.000477. The van der Waals surface area contributed by atoms with Crippen molar-refractivity contribution in [1.82, 2.24) is 4.90 Å². The number of carbonyl (C=O) groups excluding carboxylic acids is 1. The lowest BCUT2D eigenvalue weighted by Crippen LogP contribution is -2.42. The Hall–Kier alpha value is -1.56. The van der Waals surface area contributed by atoms with Gasteiger partial charge >= 0.3 is 6.18 Å². The molecule has 0 radical (unpaired) electrons. The maximum atomic E-state index is 12.5. The van der Waals surface area contributed by atoms with Gasteiger partial charge in [0, 0.05) is 6.04 Å². The van der Waals surface area contributed by atoms with Crippen LogP contribution in [0.4, 0.5) is 13.2 Å². The molecule has 1 aromatic rings. The van der Waals surface area contributed by atoms with Crippen molar-refractivity contribution in [2.45, 2.75) is 33.0 Å². The van der Waals surface area contributed by atoms with Crippen LogP contribution >= 0.6 is 0 Å². The maximum absolute atomic E-state index is 12.5. The average Bonchev–Trinajstić information content (AvgIpc) is 2.35. The van der Waals surface area contributed by atoms with Crippen LogP contribution in [0.3, 0.4) is 0 Å². The molecular formula is C15H20F3NO2. The van der Waals surface area contributed by atoms with Crippen LogP contribution in [0.25, 0.3) is 0 Å². The number of ether oxygens (including phenoxy) is 1. The fourth-order valence-electron chi connectivity index (χ4n) is 1.95. The molecule has 0 aliphatic rings. The molecule has 0 saturated heterocycles. The number of carbonyl (C=O) groups is 1. The number of alkyl halides is 3. The van der Waals surface area contributed by atoms with Crippen LogP contribution in [0.5, 0.6) is 5.75 Å². The van der Waals surface area contributed by atoms with Gasteiger partial charge in [0.25, 0.3) is 0 Å². The number of aryl methyl sites for hydroxylation is 1. The molecule has 0 spiro atoms. The van der Waals surface area contributed by atoms with Crippen LogP contribution in [0.1, 0.15) is 29.8 Å². The van der Waals surface area contributed by atoms with Gasteiger partial charge in [-0.2, -0.15) is 13.2 Å². The molecule has 1 rings (SSSR count). The van der Waals surface area contributed by atoms with Crippen molar-refractivity contribution >= 4 is 5.78 Å². The van der Waals surface area contributed by atoms with Gasteiger partial charge in [-0.25, -0.2) is 0 Å². The minimum Gasteiger partial charge on any atom is -0.496 e. The highest BCUT2D eigenvalue weighted by Crippen LogP contribution is 2.22. The number of ketones is 1. The van der Waals surface area contributed by atoms with Gasteiger partial charge in [0.1, 0.15) is 5.75 Å². The van der Waals surface area contributed by atoms with Crippen LogP contribution in [-0.4, -0.2) is 43.1 Å². The Bertz CT molecular complexity index is 498. The molecule has 0 aromatic heterocycles. The average molecular weight is 303 g/mol. The lowest BCUT2D eigenvalue weighted by Gasteiger charge is -2.26. The van der Waals surface area contributed by atoms with E-state index in [2.05, 4.69) is 0 Å². The summed E-state index contributed by atoms with van der Waals surface area (Å²) in [4.78, 5) is 13.3. The number of hydrogen-bond donors (Lipinski definition) is 0. The minimum atomic E-state index is -4.33. The Morgan fingerprint density at radius 3 is 2.43 bits per heavy atom. The van der Waals surface area contributed by atoms with Crippen molar-refractivity contribution in [2.75, 3.05) is 20.2 Å². The summed E-state index contributed by atoms with van der Waals surface area (Å²) in [5, 5.41) is 0. The van der Waals surface area contributed by atoms with Crippen LogP contribution in [-0.2, 0) is 0 Å². The molecule has 6 heteroatoms. The predicted octanol–water partition coefficient (Wildman–Crippen LogP) is 3.46. The topological polar surface area (TPSA) is 29.5 Å². The number of methoxy groups -OCH3 is 1. The molecule has 3 nitrogen and oxygen atoms in total. The highest BCUT2D eigenvalue weighted by molar-refractivity contribution is 6.00. The van der Waals surface area contributed by atoms with E-state index in [0.717, 1.165) is 10.5 Å². The standard InChI is InChI=1S/C15H20F3NO2/c1-10(2)19(9-15(16,17)18)8-13(20)12-6-5-11(3)7-14(12)21-4/h5-7,10H,8-9H2,1-4H3. The highest BCUT2D eigenvalue weighted by Gasteiger charge is 2.33. The second-order valence-corrected chi connectivity index (χ2v) is 5.24. The number of nitrogens with zero attached hydrogens (tertiary/aromatic N) is 1. The largest absolute Gasteiger partial charge is 0.496 e. The van der Waals surface area contributed by atoms with Crippen molar-refractivity contribution < 1.29 is 22.7 Å². The third-order valence-electron chi connectivity index (χ3n) is 3.12. The van der Waals surface area contributed by atoms with E-state index in [1.54, 1.807) is 32.0 Å². The lowest BCUT2D eigenvalue weighted by atomic mass is 10.1. The smallest absolute Gasteiger partial charge is 0.401 e. The second-order valence-electron chi connectivity index (χ2n) is 5.24. The van der Waals surface area contributed by atoms with E-state index in [1.807, 2.05) is 6.92 Å². The van der Waals surface area contributed by atoms with Gasteiger partial charge in [-0.3, -0.25) is 9.69 Å². The summed E-state index contributed by atoms with van der Waals surface area (Å²) in [6, 6.07) is 4.63. The molecule has 118 valence electrons. The van der Waals surface area contributed by atoms with Crippen molar-refractivity contribution in [3.05, 3.63) is 29.3 Å². The van der Waals surface area contributed by atoms with E-state index in [0.29, 0.717) is 11.3 Å². The Balaban J connectivity index is 2.92. The van der Waals surface area contributed by atoms with Crippen LogP contribution in [0, 0.1) is 6.92 Å². The summed E-state index contributed by atoms with van der Waals surface area (Å²) in [6.45, 7) is 3.71. The number of halogens is 3. The van der Waals surface area contributed by atoms with Crippen LogP contribution < -0.4 is 4.74 Å². The first-order valence-corrected chi connectivity index (χ1v) is 6.62. The Morgan fingerprint density at radius 1 is 1.33 bits per heavy atom. The molecular weight excluding hydrogens is 283 g/mol. The maximum Gasteiger partial charge on any atom is 0.401 e. The fourth-order valence-corrected chi connectivity index (χ4v) is 1.95. The zero-order valence-corrected chi connectivity index (χ0v) is 12.6. The van der Waals surface area contributed by atoms with E-state index < -0.39 is 12.7 Å². The minimum absolute atomic E-state index is 0.295. The molecule has 0 N–H and O–H groups in total. The molecule has 0 fully saturated rings. The fraction of sp³-hybridized carbons (Fsp3) is 0.533. The first kappa shape index (κ1) is 17.5. The summed E-state index contributed by atoms with van der Waals surface area (Å²) in [6.07, 6.45) is -4.33. The Kier molecular flexibility index (Phi) is 5.78. The van der Waals surface area contributed by atoms with Gasteiger partial charge < -0.3 is 4.74 Å². The lowest BCUT2D eigenvalue weighted by molar-refractivity contribution is -0.148. The number of rotatable bonds is 6. The number of hydrogen-bond acceptors (Lipinski definition) is 3. The quantitative estimate of drug-likeness (QED) is 0.754. The molecule has 0 unspecified atom stereocenters. The van der Waals surface area contributed by atoms with Gasteiger partial charge in [-0.15, -0.1) is 0 Å². The SMILES string of the molecule is COc1cc(C)ccc1C(=O)CN(CC(F)(F)F)C(C)C. The molecule has 0 heterocycles. The first-order chi connectivity index (χ1) is 9.64. The van der Waals surface area contributed by atoms with Gasteiger partial charge in [0.15, 0.2) is 5.78 Å². The summed E-state index contributed by atoms with van der Waals surface area (Å²) < 4.78 is 42.7. The second kappa shape index (κ2) is 6.93. The molecule has 0 amide bonds.